The molecule has 0 atom stereocenters. The van der Waals surface area contributed by atoms with Crippen LogP contribution in [0.4, 0.5) is 0 Å². The largest absolute Gasteiger partial charge is 0.109 e. The molecule has 0 saturated heterocycles. The smallest absolute Gasteiger partial charge is 0.0819 e. The Hall–Kier alpha value is -0.340. The second kappa shape index (κ2) is 4.26. The van der Waals surface area contributed by atoms with Crippen LogP contribution in [0.5, 0.6) is 0 Å². The molecular weight excluding hydrogens is 316 g/mol. The fourth-order valence-electron chi connectivity index (χ4n) is 1.77. The van der Waals surface area contributed by atoms with Gasteiger partial charge in [0, 0.05) is 0 Å². The molecule has 2 heteroatoms. The first kappa shape index (κ1) is 11.2. The molecule has 0 fully saturated rings. The number of aryl methyl sites for hydroxylation is 1. The van der Waals surface area contributed by atoms with Gasteiger partial charge in [0.15, 0.2) is 0 Å². The Kier molecular flexibility index (Phi) is 3.17. The fraction of sp³-hybridized carbons (Fsp3) is 0.231. The van der Waals surface area contributed by atoms with Crippen LogP contribution in [0.15, 0.2) is 42.5 Å². The van der Waals surface area contributed by atoms with Crippen LogP contribution in [0.3, 0.4) is 0 Å². The van der Waals surface area contributed by atoms with E-state index < -0.39 is 0 Å². The highest BCUT2D eigenvalue weighted by Gasteiger charge is 2.29. The van der Waals surface area contributed by atoms with Crippen molar-refractivity contribution in [2.45, 2.75) is 16.6 Å². The molecule has 1 aliphatic carbocycles. The van der Waals surface area contributed by atoms with Crippen molar-refractivity contribution in [3.63, 3.8) is 0 Å². The Labute approximate surface area is 107 Å². The molecule has 78 valence electrons. The van der Waals surface area contributed by atoms with E-state index in [-0.39, 0.29) is 3.23 Å². The highest BCUT2D eigenvalue weighted by atomic mass is 79.9. The summed E-state index contributed by atoms with van der Waals surface area (Å²) in [7, 11) is 0. The van der Waals surface area contributed by atoms with Crippen LogP contribution in [-0.2, 0) is 0 Å². The Bertz CT molecular complexity index is 428. The van der Waals surface area contributed by atoms with E-state index in [9.17, 15) is 0 Å². The molecule has 0 radical (unpaired) electrons. The number of halogens is 2. The molecular formula is C13H12Br2. The van der Waals surface area contributed by atoms with Gasteiger partial charge in [-0.25, -0.2) is 0 Å². The zero-order valence-corrected chi connectivity index (χ0v) is 11.7. The zero-order valence-electron chi connectivity index (χ0n) is 8.50. The van der Waals surface area contributed by atoms with Crippen molar-refractivity contribution < 1.29 is 0 Å². The second-order valence-corrected chi connectivity index (χ2v) is 7.50. The van der Waals surface area contributed by atoms with Crippen LogP contribution in [-0.4, -0.2) is 3.23 Å². The van der Waals surface area contributed by atoms with E-state index in [0.29, 0.717) is 0 Å². The maximum Gasteiger partial charge on any atom is 0.109 e. The van der Waals surface area contributed by atoms with Crippen LogP contribution in [0.2, 0.25) is 0 Å². The summed E-state index contributed by atoms with van der Waals surface area (Å²) in [5.74, 6) is 0. The topological polar surface area (TPSA) is 0 Å². The lowest BCUT2D eigenvalue weighted by Gasteiger charge is -2.26. The molecule has 0 N–H and O–H groups in total. The van der Waals surface area contributed by atoms with Crippen molar-refractivity contribution in [2.24, 2.45) is 0 Å². The molecule has 0 aliphatic heterocycles. The van der Waals surface area contributed by atoms with Gasteiger partial charge in [0.2, 0.25) is 0 Å². The highest BCUT2D eigenvalue weighted by molar-refractivity contribution is 9.25. The first-order valence-corrected chi connectivity index (χ1v) is 6.51. The molecule has 0 unspecified atom stereocenters. The summed E-state index contributed by atoms with van der Waals surface area (Å²) < 4.78 is -0.110. The maximum atomic E-state index is 3.73. The molecule has 1 aliphatic rings. The molecule has 0 saturated carbocycles. The highest BCUT2D eigenvalue weighted by Crippen LogP contribution is 2.46. The lowest BCUT2D eigenvalue weighted by atomic mass is 9.94. The predicted molar refractivity (Wildman–Crippen MR) is 73.5 cm³/mol. The number of allylic oxidation sites excluding steroid dienone is 4. The Morgan fingerprint density at radius 2 is 1.93 bits per heavy atom. The summed E-state index contributed by atoms with van der Waals surface area (Å²) in [4.78, 5) is 0. The summed E-state index contributed by atoms with van der Waals surface area (Å²) in [5, 5.41) is 0. The van der Waals surface area contributed by atoms with Crippen LogP contribution < -0.4 is 0 Å². The van der Waals surface area contributed by atoms with Gasteiger partial charge in [-0.1, -0.05) is 74.4 Å². The van der Waals surface area contributed by atoms with E-state index in [0.717, 1.165) is 6.42 Å². The van der Waals surface area contributed by atoms with Crippen molar-refractivity contribution in [1.29, 1.82) is 0 Å². The van der Waals surface area contributed by atoms with Gasteiger partial charge in [-0.05, 0) is 30.0 Å². The molecule has 1 aromatic carbocycles. The van der Waals surface area contributed by atoms with Gasteiger partial charge in [-0.2, -0.15) is 0 Å². The minimum Gasteiger partial charge on any atom is -0.0819 e. The average Bonchev–Trinajstić information content (AvgIpc) is 2.19. The molecule has 1 aromatic rings. The Morgan fingerprint density at radius 1 is 1.20 bits per heavy atom. The minimum atomic E-state index is -0.110. The van der Waals surface area contributed by atoms with Crippen molar-refractivity contribution in [1.82, 2.24) is 0 Å². The SMILES string of the molecule is Cc1ccccc1C1=CC=CCC1(Br)Br. The van der Waals surface area contributed by atoms with E-state index in [1.54, 1.807) is 0 Å². The van der Waals surface area contributed by atoms with E-state index in [4.69, 9.17) is 0 Å². The van der Waals surface area contributed by atoms with Crippen LogP contribution in [0, 0.1) is 6.92 Å². The quantitative estimate of drug-likeness (QED) is 0.648. The molecule has 2 rings (SSSR count). The predicted octanol–water partition coefficient (Wildman–Crippen LogP) is 4.82. The monoisotopic (exact) mass is 326 g/mol. The summed E-state index contributed by atoms with van der Waals surface area (Å²) in [6, 6.07) is 8.46. The maximum absolute atomic E-state index is 3.73. The summed E-state index contributed by atoms with van der Waals surface area (Å²) >= 11 is 7.45. The summed E-state index contributed by atoms with van der Waals surface area (Å²) in [6.45, 7) is 2.14. The van der Waals surface area contributed by atoms with Gasteiger partial charge < -0.3 is 0 Å². The standard InChI is InChI=1S/C13H12Br2/c1-10-6-2-3-7-11(10)12-8-4-5-9-13(12,14)15/h2-8H,9H2,1H3. The molecule has 0 aromatic heterocycles. The summed E-state index contributed by atoms with van der Waals surface area (Å²) in [6.07, 6.45) is 7.40. The normalized spacial score (nSPS) is 18.7. The van der Waals surface area contributed by atoms with Gasteiger partial charge in [0.25, 0.3) is 0 Å². The van der Waals surface area contributed by atoms with E-state index in [1.807, 2.05) is 0 Å². The third kappa shape index (κ3) is 2.26. The average molecular weight is 328 g/mol. The fourth-order valence-corrected chi connectivity index (χ4v) is 2.84. The molecule has 15 heavy (non-hydrogen) atoms. The lowest BCUT2D eigenvalue weighted by Crippen LogP contribution is -2.15. The zero-order chi connectivity index (χ0) is 10.9. The van der Waals surface area contributed by atoms with Crippen LogP contribution in [0.25, 0.3) is 5.57 Å². The number of benzene rings is 1. The Balaban J connectivity index is 2.51. The molecule has 0 spiro atoms. The van der Waals surface area contributed by atoms with Gasteiger partial charge in [0.05, 0.1) is 0 Å². The van der Waals surface area contributed by atoms with Gasteiger partial charge in [-0.15, -0.1) is 0 Å². The number of alkyl halides is 2. The van der Waals surface area contributed by atoms with Crippen molar-refractivity contribution in [3.8, 4) is 0 Å². The summed E-state index contributed by atoms with van der Waals surface area (Å²) in [5.41, 5.74) is 3.90. The van der Waals surface area contributed by atoms with Gasteiger partial charge in [0.1, 0.15) is 3.23 Å². The molecule has 0 amide bonds. The second-order valence-electron chi connectivity index (χ2n) is 3.73. The molecule has 0 heterocycles. The van der Waals surface area contributed by atoms with Gasteiger partial charge in [-0.3, -0.25) is 0 Å². The van der Waals surface area contributed by atoms with Crippen molar-refractivity contribution >= 4 is 37.4 Å². The number of hydrogen-bond donors (Lipinski definition) is 0. The number of hydrogen-bond acceptors (Lipinski definition) is 0. The van der Waals surface area contributed by atoms with Crippen LogP contribution in [0.1, 0.15) is 17.5 Å². The lowest BCUT2D eigenvalue weighted by molar-refractivity contribution is 1.04. The van der Waals surface area contributed by atoms with Crippen molar-refractivity contribution in [3.05, 3.63) is 53.6 Å². The first-order valence-electron chi connectivity index (χ1n) is 4.92. The minimum absolute atomic E-state index is 0.110. The first-order chi connectivity index (χ1) is 7.11. The Morgan fingerprint density at radius 3 is 2.60 bits per heavy atom. The van der Waals surface area contributed by atoms with E-state index >= 15 is 0 Å². The third-order valence-corrected chi connectivity index (χ3v) is 4.10. The van der Waals surface area contributed by atoms with Crippen molar-refractivity contribution in [2.75, 3.05) is 0 Å². The number of rotatable bonds is 1. The third-order valence-electron chi connectivity index (χ3n) is 2.60. The molecule has 0 bridgehead atoms. The van der Waals surface area contributed by atoms with Crippen LogP contribution >= 0.6 is 31.9 Å². The molecule has 0 nitrogen and oxygen atoms in total. The van der Waals surface area contributed by atoms with Gasteiger partial charge >= 0.3 is 0 Å². The van der Waals surface area contributed by atoms with E-state index in [2.05, 4.69) is 81.3 Å². The van der Waals surface area contributed by atoms with E-state index in [1.165, 1.54) is 16.7 Å².